The second-order valence-corrected chi connectivity index (χ2v) is 5.88. The summed E-state index contributed by atoms with van der Waals surface area (Å²) in [6.07, 6.45) is 1.55. The zero-order valence-electron chi connectivity index (χ0n) is 12.3. The van der Waals surface area contributed by atoms with Crippen molar-refractivity contribution in [2.45, 2.75) is 6.92 Å². The summed E-state index contributed by atoms with van der Waals surface area (Å²) < 4.78 is 1.45. The molecule has 0 saturated carbocycles. The van der Waals surface area contributed by atoms with Crippen LogP contribution in [0.2, 0.25) is 10.0 Å². The lowest BCUT2D eigenvalue weighted by atomic mass is 10.2. The van der Waals surface area contributed by atoms with Gasteiger partial charge < -0.3 is 0 Å². The minimum absolute atomic E-state index is 0.178. The summed E-state index contributed by atoms with van der Waals surface area (Å²) in [4.78, 5) is 16.9. The number of rotatable bonds is 3. The molecule has 0 radical (unpaired) electrons. The third-order valence-corrected chi connectivity index (χ3v) is 3.84. The fourth-order valence-corrected chi connectivity index (χ4v) is 2.49. The van der Waals surface area contributed by atoms with Crippen molar-refractivity contribution in [3.8, 4) is 5.69 Å². The van der Waals surface area contributed by atoms with Crippen LogP contribution in [0.5, 0.6) is 0 Å². The van der Waals surface area contributed by atoms with Gasteiger partial charge in [-0.25, -0.2) is 4.68 Å². The van der Waals surface area contributed by atoms with Crippen LogP contribution in [0.25, 0.3) is 5.69 Å². The first-order valence-corrected chi connectivity index (χ1v) is 7.67. The predicted molar refractivity (Wildman–Crippen MR) is 94.8 cm³/mol. The number of nitrogens with zero attached hydrogens (tertiary/aromatic N) is 2. The van der Waals surface area contributed by atoms with Crippen LogP contribution in [-0.2, 0) is 0 Å². The number of H-pyrrole nitrogens is 1. The van der Waals surface area contributed by atoms with E-state index in [0.29, 0.717) is 21.3 Å². The van der Waals surface area contributed by atoms with Gasteiger partial charge in [0.25, 0.3) is 5.56 Å². The maximum atomic E-state index is 12.6. The number of benzene rings is 2. The number of aryl methyl sites for hydroxylation is 1. The number of hydrogen-bond donors (Lipinski definition) is 1. The topological polar surface area (TPSA) is 50.1 Å². The van der Waals surface area contributed by atoms with E-state index in [2.05, 4.69) is 10.1 Å². The van der Waals surface area contributed by atoms with Crippen molar-refractivity contribution in [1.29, 1.82) is 0 Å². The van der Waals surface area contributed by atoms with Crippen LogP contribution in [0.1, 0.15) is 11.3 Å². The lowest BCUT2D eigenvalue weighted by molar-refractivity contribution is 0.835. The van der Waals surface area contributed by atoms with Crippen LogP contribution in [0, 0.1) is 6.92 Å². The van der Waals surface area contributed by atoms with Crippen LogP contribution in [0.4, 0.5) is 5.69 Å². The fourth-order valence-electron chi connectivity index (χ4n) is 2.17. The van der Waals surface area contributed by atoms with E-state index in [1.54, 1.807) is 48.7 Å². The van der Waals surface area contributed by atoms with Gasteiger partial charge in [0.05, 0.1) is 16.9 Å². The van der Waals surface area contributed by atoms with Crippen LogP contribution in [0.3, 0.4) is 0 Å². The first-order chi connectivity index (χ1) is 11.0. The molecular formula is C17H13Cl2N3O. The monoisotopic (exact) mass is 345 g/mol. The second kappa shape index (κ2) is 6.44. The van der Waals surface area contributed by atoms with Crippen molar-refractivity contribution in [3.05, 3.63) is 80.2 Å². The molecule has 0 bridgehead atoms. The molecule has 1 aromatic heterocycles. The maximum absolute atomic E-state index is 12.6. The Bertz CT molecular complexity index is 924. The van der Waals surface area contributed by atoms with Crippen LogP contribution < -0.4 is 5.56 Å². The molecule has 0 aliphatic heterocycles. The van der Waals surface area contributed by atoms with Gasteiger partial charge in [0, 0.05) is 22.0 Å². The minimum atomic E-state index is -0.178. The highest BCUT2D eigenvalue weighted by molar-refractivity contribution is 6.31. The average molecular weight is 346 g/mol. The number of halogens is 2. The van der Waals surface area contributed by atoms with E-state index in [4.69, 9.17) is 23.2 Å². The Balaban J connectivity index is 1.98. The number of aromatic amines is 1. The van der Waals surface area contributed by atoms with Gasteiger partial charge in [-0.3, -0.25) is 14.9 Å². The summed E-state index contributed by atoms with van der Waals surface area (Å²) in [5.74, 6) is 0. The first-order valence-electron chi connectivity index (χ1n) is 6.92. The highest BCUT2D eigenvalue weighted by Gasteiger charge is 2.10. The van der Waals surface area contributed by atoms with Gasteiger partial charge in [-0.05, 0) is 49.4 Å². The summed E-state index contributed by atoms with van der Waals surface area (Å²) in [6.45, 7) is 1.83. The molecule has 0 aliphatic rings. The third-order valence-electron chi connectivity index (χ3n) is 3.35. The number of nitrogens with one attached hydrogen (secondary N) is 1. The molecule has 0 aliphatic carbocycles. The molecule has 0 atom stereocenters. The third kappa shape index (κ3) is 3.38. The average Bonchev–Trinajstić information content (AvgIpc) is 2.82. The first kappa shape index (κ1) is 15.6. The van der Waals surface area contributed by atoms with Crippen molar-refractivity contribution in [2.75, 3.05) is 0 Å². The zero-order valence-corrected chi connectivity index (χ0v) is 13.8. The molecule has 6 heteroatoms. The van der Waals surface area contributed by atoms with Gasteiger partial charge in [0.2, 0.25) is 0 Å². The Morgan fingerprint density at radius 3 is 2.52 bits per heavy atom. The summed E-state index contributed by atoms with van der Waals surface area (Å²) in [6, 6.07) is 14.2. The second-order valence-electron chi connectivity index (χ2n) is 5.01. The smallest absolute Gasteiger partial charge is 0.280 e. The molecule has 0 unspecified atom stereocenters. The van der Waals surface area contributed by atoms with Gasteiger partial charge in [-0.2, -0.15) is 0 Å². The van der Waals surface area contributed by atoms with Crippen LogP contribution >= 0.6 is 23.2 Å². The Hall–Kier alpha value is -2.30. The molecule has 0 spiro atoms. The Morgan fingerprint density at radius 1 is 1.09 bits per heavy atom. The van der Waals surface area contributed by atoms with Crippen molar-refractivity contribution >= 4 is 35.1 Å². The Labute approximate surface area is 143 Å². The van der Waals surface area contributed by atoms with E-state index < -0.39 is 0 Å². The highest BCUT2D eigenvalue weighted by atomic mass is 35.5. The van der Waals surface area contributed by atoms with Gasteiger partial charge >= 0.3 is 0 Å². The van der Waals surface area contributed by atoms with Crippen molar-refractivity contribution in [3.63, 3.8) is 0 Å². The van der Waals surface area contributed by atoms with Gasteiger partial charge in [-0.15, -0.1) is 0 Å². The summed E-state index contributed by atoms with van der Waals surface area (Å²) in [7, 11) is 0. The largest absolute Gasteiger partial charge is 0.295 e. The fraction of sp³-hybridized carbons (Fsp3) is 0.0588. The number of aromatic nitrogens is 2. The van der Waals surface area contributed by atoms with E-state index in [0.717, 1.165) is 11.4 Å². The van der Waals surface area contributed by atoms with Crippen molar-refractivity contribution in [2.24, 2.45) is 4.99 Å². The summed E-state index contributed by atoms with van der Waals surface area (Å²) in [5, 5.41) is 4.25. The molecule has 0 saturated heterocycles. The number of hydrogen-bond acceptors (Lipinski definition) is 2. The van der Waals surface area contributed by atoms with Crippen LogP contribution in [0.15, 0.2) is 58.3 Å². The predicted octanol–water partition coefficient (Wildman–Crippen LogP) is 4.53. The summed E-state index contributed by atoms with van der Waals surface area (Å²) >= 11 is 11.8. The van der Waals surface area contributed by atoms with Gasteiger partial charge in [0.1, 0.15) is 0 Å². The van der Waals surface area contributed by atoms with Gasteiger partial charge in [0.15, 0.2) is 0 Å². The molecule has 0 amide bonds. The molecule has 0 fully saturated rings. The quantitative estimate of drug-likeness (QED) is 0.696. The van der Waals surface area contributed by atoms with E-state index in [9.17, 15) is 4.79 Å². The van der Waals surface area contributed by atoms with E-state index in [1.807, 2.05) is 13.0 Å². The highest BCUT2D eigenvalue weighted by Crippen LogP contribution is 2.17. The van der Waals surface area contributed by atoms with E-state index >= 15 is 0 Å². The zero-order chi connectivity index (χ0) is 16.4. The van der Waals surface area contributed by atoms with E-state index in [1.165, 1.54) is 4.68 Å². The lowest BCUT2D eigenvalue weighted by Gasteiger charge is -2.01. The lowest BCUT2D eigenvalue weighted by Crippen LogP contribution is -2.17. The molecule has 23 heavy (non-hydrogen) atoms. The molecular weight excluding hydrogens is 333 g/mol. The Morgan fingerprint density at radius 2 is 1.83 bits per heavy atom. The molecule has 4 nitrogen and oxygen atoms in total. The molecule has 1 N–H and O–H groups in total. The van der Waals surface area contributed by atoms with E-state index in [-0.39, 0.29) is 5.56 Å². The molecule has 2 aromatic carbocycles. The van der Waals surface area contributed by atoms with Crippen molar-refractivity contribution in [1.82, 2.24) is 9.78 Å². The normalized spacial score (nSPS) is 11.3. The molecule has 3 rings (SSSR count). The van der Waals surface area contributed by atoms with Gasteiger partial charge in [-0.1, -0.05) is 29.3 Å². The SMILES string of the molecule is Cc1[nH]n(-c2cccc(Cl)c2)c(=O)c1C=Nc1ccc(Cl)cc1. The Kier molecular flexibility index (Phi) is 4.37. The standard InChI is InChI=1S/C17H13Cl2N3O/c1-11-16(10-20-14-7-5-12(18)6-8-14)17(23)22(21-11)15-4-2-3-13(19)9-15/h2-10,21H,1H3. The maximum Gasteiger partial charge on any atom is 0.280 e. The van der Waals surface area contributed by atoms with Crippen molar-refractivity contribution < 1.29 is 0 Å². The summed E-state index contributed by atoms with van der Waals surface area (Å²) in [5.41, 5.74) is 2.45. The molecule has 1 heterocycles. The molecule has 116 valence electrons. The number of aliphatic imine (C=N–C) groups is 1. The minimum Gasteiger partial charge on any atom is -0.295 e. The molecule has 3 aromatic rings. The van der Waals surface area contributed by atoms with Crippen LogP contribution in [-0.4, -0.2) is 16.0 Å².